The number of carbonyl (C=O) groups is 2. The number of allylic oxidation sites excluding steroid dienone is 1. The number of ketones is 2. The van der Waals surface area contributed by atoms with Gasteiger partial charge in [-0.1, -0.05) is 0 Å². The minimum Gasteiger partial charge on any atom is -0.501 e. The molecule has 0 radical (unpaired) electrons. The van der Waals surface area contributed by atoms with E-state index in [9.17, 15) is 18.0 Å². The van der Waals surface area contributed by atoms with Crippen molar-refractivity contribution in [1.82, 2.24) is 0 Å². The molecule has 0 heterocycles. The molecule has 2 rings (SSSR count). The lowest BCUT2D eigenvalue weighted by atomic mass is 9.97. The van der Waals surface area contributed by atoms with Gasteiger partial charge in [0.15, 0.2) is 11.6 Å². The maximum absolute atomic E-state index is 15.1. The van der Waals surface area contributed by atoms with E-state index in [0.717, 1.165) is 28.6 Å². The molecule has 6 nitrogen and oxygen atoms in total. The summed E-state index contributed by atoms with van der Waals surface area (Å²) in [6.07, 6.45) is 5.07. The second-order valence-electron chi connectivity index (χ2n) is 6.36. The predicted molar refractivity (Wildman–Crippen MR) is 108 cm³/mol. The zero-order valence-electron chi connectivity index (χ0n) is 16.3. The van der Waals surface area contributed by atoms with Crippen LogP contribution in [0.4, 0.5) is 10.1 Å². The fourth-order valence-corrected chi connectivity index (χ4v) is 4.25. The molecule has 0 bridgehead atoms. The third-order valence-electron chi connectivity index (χ3n) is 4.31. The van der Waals surface area contributed by atoms with Crippen LogP contribution in [0, 0.1) is 11.7 Å². The van der Waals surface area contributed by atoms with Gasteiger partial charge in [0, 0.05) is 17.4 Å². The van der Waals surface area contributed by atoms with E-state index in [2.05, 4.69) is 0 Å². The van der Waals surface area contributed by atoms with Gasteiger partial charge in [0.25, 0.3) is 0 Å². The van der Waals surface area contributed by atoms with Crippen LogP contribution in [0.1, 0.15) is 37.0 Å². The van der Waals surface area contributed by atoms with E-state index in [1.165, 1.54) is 12.1 Å². The summed E-state index contributed by atoms with van der Waals surface area (Å²) in [4.78, 5) is 26.0. The monoisotopic (exact) mass is 429 g/mol. The van der Waals surface area contributed by atoms with Crippen LogP contribution in [-0.2, 0) is 19.6 Å². The van der Waals surface area contributed by atoms with Gasteiger partial charge in [-0.15, -0.1) is 11.8 Å². The second kappa shape index (κ2) is 9.09. The fourth-order valence-electron chi connectivity index (χ4n) is 2.79. The van der Waals surface area contributed by atoms with Gasteiger partial charge in [-0.25, -0.2) is 12.8 Å². The highest BCUT2D eigenvalue weighted by Gasteiger charge is 2.37. The molecule has 0 N–H and O–H groups in total. The largest absolute Gasteiger partial charge is 0.501 e. The number of carbonyl (C=O) groups excluding carboxylic acids is 2. The van der Waals surface area contributed by atoms with Gasteiger partial charge < -0.3 is 4.74 Å². The van der Waals surface area contributed by atoms with E-state index >= 15 is 4.39 Å². The number of rotatable bonds is 10. The summed E-state index contributed by atoms with van der Waals surface area (Å²) in [5, 5.41) is 0. The normalized spacial score (nSPS) is 14.7. The summed E-state index contributed by atoms with van der Waals surface area (Å²) >= 11 is 1.10. The SMILES string of the molecule is CCOC=C(C(=O)c1ccc(SC)c(F)c1N(CC)S(C)(=O)=O)C(=O)C1CC1. The molecule has 0 unspecified atom stereocenters. The highest BCUT2D eigenvalue weighted by molar-refractivity contribution is 7.98. The Morgan fingerprint density at radius 3 is 2.43 bits per heavy atom. The van der Waals surface area contributed by atoms with Crippen LogP contribution in [0.2, 0.25) is 0 Å². The summed E-state index contributed by atoms with van der Waals surface area (Å²) < 4.78 is 45.6. The molecule has 0 aromatic heterocycles. The predicted octanol–water partition coefficient (Wildman–Crippen LogP) is 3.42. The van der Waals surface area contributed by atoms with Gasteiger partial charge in [0.1, 0.15) is 5.57 Å². The first-order chi connectivity index (χ1) is 13.2. The van der Waals surface area contributed by atoms with Crippen LogP contribution in [0.15, 0.2) is 28.9 Å². The fraction of sp³-hybridized carbons (Fsp3) is 0.474. The summed E-state index contributed by atoms with van der Waals surface area (Å²) in [6.45, 7) is 3.45. The molecule has 1 aliphatic rings. The molecule has 0 atom stereocenters. The third kappa shape index (κ3) is 4.75. The molecule has 28 heavy (non-hydrogen) atoms. The van der Waals surface area contributed by atoms with E-state index < -0.39 is 21.6 Å². The Morgan fingerprint density at radius 2 is 1.96 bits per heavy atom. The number of nitrogens with zero attached hydrogens (tertiary/aromatic N) is 1. The standard InChI is InChI=1S/C19H24FNO5S2/c1-5-21(28(4,24)25)17-13(9-10-15(27-3)16(17)20)19(23)14(11-26-6-2)18(22)12-7-8-12/h9-12H,5-8H2,1-4H3. The lowest BCUT2D eigenvalue weighted by molar-refractivity contribution is -0.116. The summed E-state index contributed by atoms with van der Waals surface area (Å²) in [5.74, 6) is -2.15. The Hall–Kier alpha value is -1.87. The Bertz CT molecular complexity index is 907. The van der Waals surface area contributed by atoms with Crippen molar-refractivity contribution < 1.29 is 27.1 Å². The van der Waals surface area contributed by atoms with Crippen molar-refractivity contribution in [3.63, 3.8) is 0 Å². The molecule has 1 aromatic rings. The topological polar surface area (TPSA) is 80.8 Å². The van der Waals surface area contributed by atoms with E-state index in [1.807, 2.05) is 0 Å². The molecule has 1 aliphatic carbocycles. The number of hydrogen-bond donors (Lipinski definition) is 0. The molecule has 154 valence electrons. The number of benzene rings is 1. The Kier molecular flexibility index (Phi) is 7.28. The minimum absolute atomic E-state index is 0.0606. The first-order valence-electron chi connectivity index (χ1n) is 8.92. The number of hydrogen-bond acceptors (Lipinski definition) is 6. The molecular formula is C19H24FNO5S2. The number of Topliss-reactive ketones (excluding diaryl/α,β-unsaturated/α-hetero) is 2. The van der Waals surface area contributed by atoms with E-state index in [-0.39, 0.29) is 46.6 Å². The van der Waals surface area contributed by atoms with Crippen LogP contribution >= 0.6 is 11.8 Å². The van der Waals surface area contributed by atoms with E-state index in [1.54, 1.807) is 20.1 Å². The third-order valence-corrected chi connectivity index (χ3v) is 6.30. The summed E-state index contributed by atoms with van der Waals surface area (Å²) in [7, 11) is -3.84. The molecule has 1 aromatic carbocycles. The molecule has 1 saturated carbocycles. The second-order valence-corrected chi connectivity index (χ2v) is 9.12. The maximum Gasteiger partial charge on any atom is 0.232 e. The van der Waals surface area contributed by atoms with Crippen molar-refractivity contribution >= 4 is 39.0 Å². The molecular weight excluding hydrogens is 405 g/mol. The van der Waals surface area contributed by atoms with Crippen molar-refractivity contribution in [1.29, 1.82) is 0 Å². The first kappa shape index (κ1) is 22.4. The van der Waals surface area contributed by atoms with Crippen molar-refractivity contribution in [3.05, 3.63) is 35.3 Å². The highest BCUT2D eigenvalue weighted by atomic mass is 32.2. The van der Waals surface area contributed by atoms with Crippen molar-refractivity contribution in [2.75, 3.05) is 30.0 Å². The van der Waals surface area contributed by atoms with Gasteiger partial charge in [0.05, 0.1) is 30.4 Å². The van der Waals surface area contributed by atoms with Gasteiger partial charge in [-0.3, -0.25) is 13.9 Å². The first-order valence-corrected chi connectivity index (χ1v) is 12.0. The molecule has 0 spiro atoms. The number of sulfonamides is 1. The van der Waals surface area contributed by atoms with Gasteiger partial charge >= 0.3 is 0 Å². The molecule has 0 aliphatic heterocycles. The zero-order chi connectivity index (χ0) is 21.1. The van der Waals surface area contributed by atoms with Gasteiger partial charge in [-0.05, 0) is 45.1 Å². The quantitative estimate of drug-likeness (QED) is 0.142. The van der Waals surface area contributed by atoms with Crippen LogP contribution in [-0.4, -0.2) is 45.6 Å². The van der Waals surface area contributed by atoms with Crippen molar-refractivity contribution in [2.24, 2.45) is 5.92 Å². The Labute approximate surface area is 169 Å². The molecule has 0 amide bonds. The Balaban J connectivity index is 2.67. The summed E-state index contributed by atoms with van der Waals surface area (Å²) in [5.41, 5.74) is -0.707. The zero-order valence-corrected chi connectivity index (χ0v) is 18.0. The molecule has 9 heteroatoms. The summed E-state index contributed by atoms with van der Waals surface area (Å²) in [6, 6.07) is 2.77. The van der Waals surface area contributed by atoms with Crippen LogP contribution < -0.4 is 4.31 Å². The van der Waals surface area contributed by atoms with Crippen LogP contribution in [0.5, 0.6) is 0 Å². The van der Waals surface area contributed by atoms with Crippen LogP contribution in [0.25, 0.3) is 0 Å². The lowest BCUT2D eigenvalue weighted by Crippen LogP contribution is -2.32. The Morgan fingerprint density at radius 1 is 1.32 bits per heavy atom. The maximum atomic E-state index is 15.1. The van der Waals surface area contributed by atoms with Gasteiger partial charge in [0.2, 0.25) is 15.8 Å². The van der Waals surface area contributed by atoms with Crippen molar-refractivity contribution in [2.45, 2.75) is 31.6 Å². The average Bonchev–Trinajstić information content (AvgIpc) is 3.47. The molecule has 1 fully saturated rings. The molecule has 0 saturated heterocycles. The van der Waals surface area contributed by atoms with Crippen LogP contribution in [0.3, 0.4) is 0 Å². The number of thioether (sulfide) groups is 1. The number of anilines is 1. The highest BCUT2D eigenvalue weighted by Crippen LogP contribution is 2.37. The van der Waals surface area contributed by atoms with E-state index in [0.29, 0.717) is 12.8 Å². The minimum atomic E-state index is -3.84. The lowest BCUT2D eigenvalue weighted by Gasteiger charge is -2.24. The number of halogens is 1. The average molecular weight is 430 g/mol. The van der Waals surface area contributed by atoms with E-state index in [4.69, 9.17) is 4.74 Å². The number of ether oxygens (including phenoxy) is 1. The van der Waals surface area contributed by atoms with Gasteiger partial charge in [-0.2, -0.15) is 0 Å². The van der Waals surface area contributed by atoms with Crippen molar-refractivity contribution in [3.8, 4) is 0 Å². The smallest absolute Gasteiger partial charge is 0.232 e.